The third-order valence-electron chi connectivity index (χ3n) is 15.1. The third-order valence-corrected chi connectivity index (χ3v) is 16.1. The number of carbonyl (C=O) groups is 2. The van der Waals surface area contributed by atoms with Crippen LogP contribution in [0.5, 0.6) is 11.5 Å². The van der Waals surface area contributed by atoms with Gasteiger partial charge in [0.1, 0.15) is 11.5 Å². The first-order chi connectivity index (χ1) is 27.5. The molecule has 4 aromatic rings. The van der Waals surface area contributed by atoms with Crippen LogP contribution in [0.1, 0.15) is 78.9 Å². The maximum Gasteiger partial charge on any atom is 0.573 e. The number of allylic oxidation sites excluding steroid dienone is 4. The summed E-state index contributed by atoms with van der Waals surface area (Å²) in [4.78, 5) is 32.3. The van der Waals surface area contributed by atoms with Crippen LogP contribution in [0.25, 0.3) is 10.8 Å². The highest BCUT2D eigenvalue weighted by atomic mass is 32.1. The van der Waals surface area contributed by atoms with Crippen LogP contribution in [-0.4, -0.2) is 51.6 Å². The predicted octanol–water partition coefficient (Wildman–Crippen LogP) is 10.6. The van der Waals surface area contributed by atoms with Crippen LogP contribution in [0.2, 0.25) is 0 Å². The first-order valence-corrected chi connectivity index (χ1v) is 21.0. The van der Waals surface area contributed by atoms with Gasteiger partial charge in [-0.05, 0) is 122 Å². The Morgan fingerprint density at radius 1 is 0.862 bits per heavy atom. The molecule has 3 aromatic carbocycles. The molecule has 2 bridgehead atoms. The fraction of sp³-hybridized carbons (Fsp3) is 0.447. The van der Waals surface area contributed by atoms with Gasteiger partial charge >= 0.3 is 12.5 Å². The number of carbonyl (C=O) groups excluding carboxylic acids is 2. The molecule has 0 radical (unpaired) electrons. The molecule has 58 heavy (non-hydrogen) atoms. The maximum absolute atomic E-state index is 14.8. The molecule has 3 fully saturated rings. The van der Waals surface area contributed by atoms with Crippen molar-refractivity contribution in [2.45, 2.75) is 90.3 Å². The summed E-state index contributed by atoms with van der Waals surface area (Å²) in [6.07, 6.45) is 5.23. The number of aliphatic hydroxyl groups is 2. The van der Waals surface area contributed by atoms with E-state index < -0.39 is 40.4 Å². The summed E-state index contributed by atoms with van der Waals surface area (Å²) in [7, 11) is 0. The number of nitrogens with zero attached hydrogens (tertiary/aromatic N) is 1. The normalized spacial score (nSPS) is 33.5. The molecule has 304 valence electrons. The second-order valence-electron chi connectivity index (χ2n) is 18.0. The Morgan fingerprint density at radius 3 is 2.28 bits per heavy atom. The molecule has 1 amide bonds. The molecular formula is C47H48F3NO6S. The van der Waals surface area contributed by atoms with Gasteiger partial charge in [-0.1, -0.05) is 74.5 Å². The van der Waals surface area contributed by atoms with Crippen molar-refractivity contribution in [3.8, 4) is 11.5 Å². The molecule has 1 heterocycles. The van der Waals surface area contributed by atoms with E-state index in [4.69, 9.17) is 4.74 Å². The third kappa shape index (κ3) is 6.05. The fourth-order valence-electron chi connectivity index (χ4n) is 12.2. The number of ether oxygens (including phenoxy) is 2. The average molecular weight is 812 g/mol. The molecule has 10 rings (SSSR count). The number of Topliss-reactive ketones (excluding diaryl/α,β-unsaturated/α-hetero) is 1. The van der Waals surface area contributed by atoms with Gasteiger partial charge in [0.25, 0.3) is 0 Å². The highest BCUT2D eigenvalue weighted by Crippen LogP contribution is 2.78. The van der Waals surface area contributed by atoms with Gasteiger partial charge in [0.15, 0.2) is 5.78 Å². The van der Waals surface area contributed by atoms with Crippen LogP contribution in [0.3, 0.4) is 0 Å². The zero-order valence-corrected chi connectivity index (χ0v) is 33.7. The molecule has 0 aliphatic heterocycles. The Bertz CT molecular complexity index is 2360. The van der Waals surface area contributed by atoms with Gasteiger partial charge in [0.05, 0.1) is 23.1 Å². The topological polar surface area (TPSA) is 96.3 Å². The van der Waals surface area contributed by atoms with Crippen molar-refractivity contribution in [3.05, 3.63) is 118 Å². The minimum atomic E-state index is -4.85. The molecule has 6 aliphatic carbocycles. The predicted molar refractivity (Wildman–Crippen MR) is 215 cm³/mol. The first-order valence-electron chi connectivity index (χ1n) is 20.2. The lowest BCUT2D eigenvalue weighted by Crippen LogP contribution is -2.67. The number of ketones is 1. The van der Waals surface area contributed by atoms with Gasteiger partial charge in [0.2, 0.25) is 0 Å². The number of aryl methyl sites for hydroxylation is 1. The molecule has 1 aromatic heterocycles. The van der Waals surface area contributed by atoms with E-state index in [1.807, 2.05) is 49.4 Å². The molecule has 3 saturated carbocycles. The van der Waals surface area contributed by atoms with E-state index >= 15 is 0 Å². The number of fused-ring (bicyclic) bond motifs is 2. The van der Waals surface area contributed by atoms with Gasteiger partial charge in [-0.3, -0.25) is 4.79 Å². The van der Waals surface area contributed by atoms with Gasteiger partial charge in [-0.25, -0.2) is 4.79 Å². The lowest BCUT2D eigenvalue weighted by molar-refractivity contribution is -0.274. The molecule has 0 saturated heterocycles. The van der Waals surface area contributed by atoms with E-state index in [-0.39, 0.29) is 41.9 Å². The van der Waals surface area contributed by atoms with E-state index in [2.05, 4.69) is 36.8 Å². The zero-order valence-electron chi connectivity index (χ0n) is 32.9. The van der Waals surface area contributed by atoms with Crippen LogP contribution in [0.4, 0.5) is 18.0 Å². The summed E-state index contributed by atoms with van der Waals surface area (Å²) in [6, 6.07) is 22.3. The largest absolute Gasteiger partial charge is 0.573 e. The van der Waals surface area contributed by atoms with Crippen molar-refractivity contribution < 1.29 is 42.4 Å². The zero-order chi connectivity index (χ0) is 40.9. The van der Waals surface area contributed by atoms with Crippen molar-refractivity contribution >= 4 is 34.0 Å². The fourth-order valence-corrected chi connectivity index (χ4v) is 13.0. The van der Waals surface area contributed by atoms with E-state index in [9.17, 15) is 33.0 Å². The Balaban J connectivity index is 1.08. The Morgan fingerprint density at radius 2 is 1.55 bits per heavy atom. The van der Waals surface area contributed by atoms with Crippen molar-refractivity contribution in [1.29, 1.82) is 0 Å². The minimum Gasteiger partial charge on any atom is -0.410 e. The molecule has 2 spiro atoms. The van der Waals surface area contributed by atoms with Crippen LogP contribution >= 0.6 is 11.3 Å². The number of thiophene rings is 1. The highest BCUT2D eigenvalue weighted by Gasteiger charge is 2.74. The average Bonchev–Trinajstić information content (AvgIpc) is 3.74. The van der Waals surface area contributed by atoms with Gasteiger partial charge in [0, 0.05) is 33.2 Å². The summed E-state index contributed by atoms with van der Waals surface area (Å²) < 4.78 is 49.0. The number of benzene rings is 3. The maximum atomic E-state index is 14.8. The Kier molecular flexibility index (Phi) is 9.11. The van der Waals surface area contributed by atoms with Crippen LogP contribution < -0.4 is 9.47 Å². The number of halogens is 3. The smallest absolute Gasteiger partial charge is 0.410 e. The van der Waals surface area contributed by atoms with Crippen LogP contribution in [0, 0.1) is 40.4 Å². The summed E-state index contributed by atoms with van der Waals surface area (Å²) >= 11 is 1.49. The molecule has 2 N–H and O–H groups in total. The number of hydrogen-bond acceptors (Lipinski definition) is 7. The van der Waals surface area contributed by atoms with E-state index in [1.165, 1.54) is 40.5 Å². The molecule has 11 heteroatoms. The molecule has 8 atom stereocenters. The first kappa shape index (κ1) is 39.0. The van der Waals surface area contributed by atoms with Gasteiger partial charge in [-0.15, -0.1) is 24.5 Å². The van der Waals surface area contributed by atoms with E-state index in [0.29, 0.717) is 48.3 Å². The summed E-state index contributed by atoms with van der Waals surface area (Å²) in [5.74, 6) is -0.0842. The van der Waals surface area contributed by atoms with Crippen molar-refractivity contribution in [1.82, 2.24) is 4.90 Å². The lowest BCUT2D eigenvalue weighted by Gasteiger charge is -2.71. The monoisotopic (exact) mass is 811 g/mol. The summed E-state index contributed by atoms with van der Waals surface area (Å²) in [5, 5.41) is 26.1. The lowest BCUT2D eigenvalue weighted by atomic mass is 9.32. The standard InChI is InChI=1S/C47H48F3NO6S/c1-29-8-15-37(58-29)40(53)36-26-44-22-23-46(36)38(42(44,2)19-16-33(52)25-44)17-20-43(3)39(46)18-21-45(43,55)28-51(27-30-9-12-34(13-10-30)57-47(48,49)50)41(54)56-35-14-11-31-6-4-5-7-32(31)24-35/h4-15,22-24,26,33,38-39,52,55H,16-21,25,27-28H2,1-3H3. The van der Waals surface area contributed by atoms with E-state index in [0.717, 1.165) is 34.1 Å². The summed E-state index contributed by atoms with van der Waals surface area (Å²) in [5.41, 5.74) is -2.18. The van der Waals surface area contributed by atoms with Crippen molar-refractivity contribution in [2.24, 2.45) is 33.5 Å². The number of alkyl halides is 3. The second kappa shape index (κ2) is 13.5. The molecule has 7 nitrogen and oxygen atoms in total. The van der Waals surface area contributed by atoms with Crippen molar-refractivity contribution in [3.63, 3.8) is 0 Å². The number of amides is 1. The SMILES string of the molecule is Cc1ccc(C(=O)C2=CC34C=CC25C(CCC2(C)C5CCC2(O)CN(Cc2ccc(OC(F)(F)F)cc2)C(=O)Oc2ccc5ccccc5c2)C3(C)CCC(O)C4)s1. The van der Waals surface area contributed by atoms with Gasteiger partial charge in [-0.2, -0.15) is 0 Å². The minimum absolute atomic E-state index is 0.00664. The molecule has 8 unspecified atom stereocenters. The van der Waals surface area contributed by atoms with Crippen LogP contribution in [0.15, 0.2) is 103 Å². The summed E-state index contributed by atoms with van der Waals surface area (Å²) in [6.45, 7) is 6.31. The Hall–Kier alpha value is -4.45. The Labute approximate surface area is 340 Å². The van der Waals surface area contributed by atoms with Gasteiger partial charge < -0.3 is 24.6 Å². The highest BCUT2D eigenvalue weighted by molar-refractivity contribution is 7.14. The molecule has 6 aliphatic rings. The van der Waals surface area contributed by atoms with Crippen LogP contribution in [-0.2, 0) is 6.54 Å². The number of aliphatic hydroxyl groups excluding tert-OH is 1. The number of rotatable bonds is 8. The molecular weight excluding hydrogens is 764 g/mol. The van der Waals surface area contributed by atoms with Crippen molar-refractivity contribution in [2.75, 3.05) is 6.54 Å². The second-order valence-corrected chi connectivity index (χ2v) is 19.3. The number of hydrogen-bond donors (Lipinski definition) is 2. The quantitative estimate of drug-likeness (QED) is 0.136. The van der Waals surface area contributed by atoms with E-state index in [1.54, 1.807) is 12.1 Å².